The average molecular weight is 298 g/mol. The van der Waals surface area contributed by atoms with E-state index < -0.39 is 0 Å². The largest absolute Gasteiger partial charge is 0.250 e. The van der Waals surface area contributed by atoms with E-state index in [9.17, 15) is 0 Å². The van der Waals surface area contributed by atoms with E-state index in [0.29, 0.717) is 0 Å². The van der Waals surface area contributed by atoms with E-state index in [1.54, 1.807) is 0 Å². The predicted molar refractivity (Wildman–Crippen MR) is 92.2 cm³/mol. The van der Waals surface area contributed by atoms with Crippen molar-refractivity contribution in [3.63, 3.8) is 0 Å². The fourth-order valence-corrected chi connectivity index (χ4v) is 5.02. The molecule has 1 heterocycles. The second-order valence-electron chi connectivity index (χ2n) is 6.83. The molecular formula is C18H35NS. The molecule has 0 amide bonds. The van der Waals surface area contributed by atoms with Crippen molar-refractivity contribution >= 4 is 11.9 Å². The molecule has 1 aliphatic carbocycles. The minimum Gasteiger partial charge on any atom is -0.250 e. The predicted octanol–water partition coefficient (Wildman–Crippen LogP) is 6.18. The molecule has 2 fully saturated rings. The first-order valence-electron chi connectivity index (χ1n) is 9.37. The third-order valence-electron chi connectivity index (χ3n) is 4.92. The fraction of sp³-hybridized carbons (Fsp3) is 1.00. The molecule has 0 spiro atoms. The van der Waals surface area contributed by atoms with Crippen LogP contribution in [-0.4, -0.2) is 22.6 Å². The van der Waals surface area contributed by atoms with Gasteiger partial charge in [-0.05, 0) is 25.7 Å². The summed E-state index contributed by atoms with van der Waals surface area (Å²) in [7, 11) is 0. The molecule has 2 heteroatoms. The van der Waals surface area contributed by atoms with Gasteiger partial charge in [0.05, 0.1) is 0 Å². The summed E-state index contributed by atoms with van der Waals surface area (Å²) < 4.78 is 2.71. The summed E-state index contributed by atoms with van der Waals surface area (Å²) in [5, 5.41) is 0.924. The minimum absolute atomic E-state index is 0.924. The zero-order chi connectivity index (χ0) is 13.9. The topological polar surface area (TPSA) is 3.24 Å². The number of hydrogen-bond donors (Lipinski definition) is 0. The van der Waals surface area contributed by atoms with Crippen LogP contribution in [0, 0.1) is 0 Å². The van der Waals surface area contributed by atoms with Crippen molar-refractivity contribution in [2.45, 2.75) is 102 Å². The Morgan fingerprint density at radius 1 is 0.500 bits per heavy atom. The third kappa shape index (κ3) is 7.36. The minimum atomic E-state index is 0.924. The molecule has 1 saturated carbocycles. The molecule has 0 aromatic rings. The van der Waals surface area contributed by atoms with Gasteiger partial charge in [0.2, 0.25) is 0 Å². The van der Waals surface area contributed by atoms with E-state index in [1.165, 1.54) is 109 Å². The van der Waals surface area contributed by atoms with Crippen LogP contribution in [0.4, 0.5) is 0 Å². The van der Waals surface area contributed by atoms with Gasteiger partial charge in [0.1, 0.15) is 0 Å². The molecule has 0 radical (unpaired) electrons. The summed E-state index contributed by atoms with van der Waals surface area (Å²) in [5.41, 5.74) is 0. The molecular weight excluding hydrogens is 262 g/mol. The second kappa shape index (κ2) is 11.0. The first kappa shape index (κ1) is 16.7. The van der Waals surface area contributed by atoms with Gasteiger partial charge in [-0.25, -0.2) is 0 Å². The first-order valence-corrected chi connectivity index (χ1v) is 10.2. The first-order chi connectivity index (χ1) is 9.95. The van der Waals surface area contributed by atoms with Crippen LogP contribution in [0.25, 0.3) is 0 Å². The standard InChI is InChI=1S/C18H35NS/c1-2-4-6-10-14-18(15-11-7-5-3-1)20-19-16-12-8-9-13-17-19/h18H,1-17H2. The molecule has 2 rings (SSSR count). The molecule has 1 saturated heterocycles. The normalized spacial score (nSPS) is 26.4. The SMILES string of the molecule is C1CCCCCC(SN2CCCCCC2)CCCCC1. The van der Waals surface area contributed by atoms with Gasteiger partial charge >= 0.3 is 0 Å². The zero-order valence-electron chi connectivity index (χ0n) is 13.5. The fourth-order valence-electron chi connectivity index (χ4n) is 3.59. The summed E-state index contributed by atoms with van der Waals surface area (Å²) >= 11 is 2.24. The number of hydrogen-bond acceptors (Lipinski definition) is 2. The maximum atomic E-state index is 2.71. The van der Waals surface area contributed by atoms with Gasteiger partial charge in [0, 0.05) is 18.3 Å². The molecule has 2 aliphatic rings. The van der Waals surface area contributed by atoms with Crippen molar-refractivity contribution in [2.75, 3.05) is 13.1 Å². The highest BCUT2D eigenvalue weighted by Gasteiger charge is 2.16. The Balaban J connectivity index is 1.72. The average Bonchev–Trinajstić information content (AvgIpc) is 2.70. The highest BCUT2D eigenvalue weighted by atomic mass is 32.2. The van der Waals surface area contributed by atoms with Gasteiger partial charge in [-0.15, -0.1) is 0 Å². The molecule has 0 aromatic carbocycles. The second-order valence-corrected chi connectivity index (χ2v) is 8.22. The Hall–Kier alpha value is 0.310. The Bertz CT molecular complexity index is 211. The van der Waals surface area contributed by atoms with Crippen molar-refractivity contribution in [3.05, 3.63) is 0 Å². The lowest BCUT2D eigenvalue weighted by molar-refractivity contribution is 0.470. The number of rotatable bonds is 2. The van der Waals surface area contributed by atoms with Crippen LogP contribution in [0.5, 0.6) is 0 Å². The summed E-state index contributed by atoms with van der Waals surface area (Å²) in [6, 6.07) is 0. The van der Waals surface area contributed by atoms with Crippen LogP contribution < -0.4 is 0 Å². The molecule has 1 aliphatic heterocycles. The van der Waals surface area contributed by atoms with E-state index in [2.05, 4.69) is 16.3 Å². The molecule has 0 atom stereocenters. The highest BCUT2D eigenvalue weighted by Crippen LogP contribution is 2.29. The Labute approximate surface area is 131 Å². The third-order valence-corrected chi connectivity index (χ3v) is 6.35. The Morgan fingerprint density at radius 2 is 0.900 bits per heavy atom. The molecule has 0 N–H and O–H groups in total. The molecule has 0 aromatic heterocycles. The maximum Gasteiger partial charge on any atom is 0.0195 e. The van der Waals surface area contributed by atoms with Crippen LogP contribution in [0.15, 0.2) is 0 Å². The molecule has 20 heavy (non-hydrogen) atoms. The lowest BCUT2D eigenvalue weighted by Gasteiger charge is -2.25. The van der Waals surface area contributed by atoms with Gasteiger partial charge < -0.3 is 0 Å². The summed E-state index contributed by atoms with van der Waals surface area (Å²) in [5.74, 6) is 0. The van der Waals surface area contributed by atoms with E-state index in [1.807, 2.05) is 0 Å². The highest BCUT2D eigenvalue weighted by molar-refractivity contribution is 7.97. The van der Waals surface area contributed by atoms with Gasteiger partial charge in [-0.3, -0.25) is 4.31 Å². The van der Waals surface area contributed by atoms with E-state index in [0.717, 1.165) is 5.25 Å². The van der Waals surface area contributed by atoms with Crippen molar-refractivity contribution in [2.24, 2.45) is 0 Å². The van der Waals surface area contributed by atoms with Crippen LogP contribution in [-0.2, 0) is 0 Å². The van der Waals surface area contributed by atoms with E-state index >= 15 is 0 Å². The maximum absolute atomic E-state index is 2.71. The van der Waals surface area contributed by atoms with Crippen LogP contribution in [0.1, 0.15) is 96.3 Å². The van der Waals surface area contributed by atoms with Crippen molar-refractivity contribution in [1.29, 1.82) is 0 Å². The monoisotopic (exact) mass is 297 g/mol. The lowest BCUT2D eigenvalue weighted by atomic mass is 10.0. The molecule has 0 bridgehead atoms. The lowest BCUT2D eigenvalue weighted by Crippen LogP contribution is -2.21. The van der Waals surface area contributed by atoms with Gasteiger partial charge in [0.25, 0.3) is 0 Å². The van der Waals surface area contributed by atoms with Gasteiger partial charge in [0.15, 0.2) is 0 Å². The van der Waals surface area contributed by atoms with E-state index in [-0.39, 0.29) is 0 Å². The molecule has 0 unspecified atom stereocenters. The summed E-state index contributed by atoms with van der Waals surface area (Å²) in [6.45, 7) is 2.70. The van der Waals surface area contributed by atoms with E-state index in [4.69, 9.17) is 0 Å². The Morgan fingerprint density at radius 3 is 1.40 bits per heavy atom. The van der Waals surface area contributed by atoms with Crippen LogP contribution in [0.2, 0.25) is 0 Å². The van der Waals surface area contributed by atoms with Crippen LogP contribution >= 0.6 is 11.9 Å². The molecule has 1 nitrogen and oxygen atoms in total. The van der Waals surface area contributed by atoms with Crippen molar-refractivity contribution in [1.82, 2.24) is 4.31 Å². The summed E-state index contributed by atoms with van der Waals surface area (Å²) in [6.07, 6.45) is 22.1. The van der Waals surface area contributed by atoms with Crippen molar-refractivity contribution in [3.8, 4) is 0 Å². The number of nitrogens with zero attached hydrogens (tertiary/aromatic N) is 1. The van der Waals surface area contributed by atoms with Crippen molar-refractivity contribution < 1.29 is 0 Å². The zero-order valence-corrected chi connectivity index (χ0v) is 14.3. The van der Waals surface area contributed by atoms with Gasteiger partial charge in [-0.2, -0.15) is 0 Å². The smallest absolute Gasteiger partial charge is 0.0195 e. The molecule has 118 valence electrons. The summed E-state index contributed by atoms with van der Waals surface area (Å²) in [4.78, 5) is 0. The van der Waals surface area contributed by atoms with Gasteiger partial charge in [-0.1, -0.05) is 82.6 Å². The Kier molecular flexibility index (Phi) is 9.13. The quantitative estimate of drug-likeness (QED) is 0.559. The van der Waals surface area contributed by atoms with Crippen LogP contribution in [0.3, 0.4) is 0 Å².